The van der Waals surface area contributed by atoms with Gasteiger partial charge in [0.1, 0.15) is 0 Å². The van der Waals surface area contributed by atoms with Gasteiger partial charge in [-0.2, -0.15) is 4.99 Å². The molecule has 1 heterocycles. The number of hydrogen-bond donors (Lipinski definition) is 3. The Morgan fingerprint density at radius 3 is 2.34 bits per heavy atom. The summed E-state index contributed by atoms with van der Waals surface area (Å²) in [6.07, 6.45) is 0. The van der Waals surface area contributed by atoms with Crippen LogP contribution in [0.15, 0.2) is 77.8 Å². The molecule has 32 heavy (non-hydrogen) atoms. The Morgan fingerprint density at radius 1 is 1.06 bits per heavy atom. The van der Waals surface area contributed by atoms with Crippen LogP contribution in [-0.4, -0.2) is 29.4 Å². The lowest BCUT2D eigenvalue weighted by molar-refractivity contribution is 0.0996. The number of urea groups is 1. The highest BCUT2D eigenvalue weighted by molar-refractivity contribution is 6.12. The van der Waals surface area contributed by atoms with Crippen molar-refractivity contribution in [2.75, 3.05) is 6.61 Å². The standard InChI is InChI=1S/C25H23N3O4/c1-2-32-19-14-17(13-18(23(19)29)24(26)30)22-20(15-9-5-3-6-10-15)21(27-25(31)28-22)16-11-7-4-8-12-16/h3-14,20,22,29H,2H2,1H3,(H2,26,30)(H,28,31). The van der Waals surface area contributed by atoms with Gasteiger partial charge in [0.25, 0.3) is 5.91 Å². The number of hydrogen-bond acceptors (Lipinski definition) is 4. The van der Waals surface area contributed by atoms with E-state index in [0.29, 0.717) is 11.3 Å². The number of phenols is 1. The van der Waals surface area contributed by atoms with Crippen LogP contribution >= 0.6 is 0 Å². The van der Waals surface area contributed by atoms with E-state index in [2.05, 4.69) is 10.3 Å². The summed E-state index contributed by atoms with van der Waals surface area (Å²) in [5.41, 5.74) is 8.37. The Balaban J connectivity index is 1.92. The van der Waals surface area contributed by atoms with Gasteiger partial charge in [-0.25, -0.2) is 4.79 Å². The molecule has 3 aromatic carbocycles. The maximum Gasteiger partial charge on any atom is 0.341 e. The monoisotopic (exact) mass is 429 g/mol. The first-order chi connectivity index (χ1) is 15.5. The van der Waals surface area contributed by atoms with E-state index < -0.39 is 18.0 Å². The molecule has 0 radical (unpaired) electrons. The number of ether oxygens (including phenoxy) is 1. The van der Waals surface area contributed by atoms with Crippen molar-refractivity contribution in [1.82, 2.24) is 5.32 Å². The average molecular weight is 429 g/mol. The van der Waals surface area contributed by atoms with Crippen molar-refractivity contribution in [1.29, 1.82) is 0 Å². The highest BCUT2D eigenvalue weighted by Crippen LogP contribution is 2.41. The molecule has 1 aliphatic heterocycles. The second-order valence-electron chi connectivity index (χ2n) is 7.39. The van der Waals surface area contributed by atoms with Crippen molar-refractivity contribution in [3.8, 4) is 11.5 Å². The predicted molar refractivity (Wildman–Crippen MR) is 121 cm³/mol. The molecule has 3 amide bonds. The van der Waals surface area contributed by atoms with E-state index in [1.54, 1.807) is 13.0 Å². The Bertz CT molecular complexity index is 1180. The molecule has 7 nitrogen and oxygen atoms in total. The highest BCUT2D eigenvalue weighted by atomic mass is 16.5. The maximum atomic E-state index is 12.6. The van der Waals surface area contributed by atoms with Crippen LogP contribution in [0.3, 0.4) is 0 Å². The number of carbonyl (C=O) groups is 2. The Morgan fingerprint density at radius 2 is 1.72 bits per heavy atom. The van der Waals surface area contributed by atoms with Gasteiger partial charge in [0.2, 0.25) is 0 Å². The molecule has 0 saturated heterocycles. The summed E-state index contributed by atoms with van der Waals surface area (Å²) in [7, 11) is 0. The number of nitrogens with zero attached hydrogens (tertiary/aromatic N) is 1. The molecule has 1 aliphatic rings. The van der Waals surface area contributed by atoms with Crippen molar-refractivity contribution in [2.24, 2.45) is 10.7 Å². The van der Waals surface area contributed by atoms with Gasteiger partial charge in [0.15, 0.2) is 11.5 Å². The third-order valence-corrected chi connectivity index (χ3v) is 5.38. The number of aliphatic imine (C=N–C) groups is 1. The molecule has 2 unspecified atom stereocenters. The quantitative estimate of drug-likeness (QED) is 0.551. The van der Waals surface area contributed by atoms with Crippen molar-refractivity contribution < 1.29 is 19.4 Å². The first-order valence-corrected chi connectivity index (χ1v) is 10.3. The number of nitrogens with two attached hydrogens (primary N) is 1. The number of amides is 3. The van der Waals surface area contributed by atoms with E-state index in [0.717, 1.165) is 11.1 Å². The highest BCUT2D eigenvalue weighted by Gasteiger charge is 2.36. The van der Waals surface area contributed by atoms with E-state index in [4.69, 9.17) is 10.5 Å². The molecule has 0 spiro atoms. The normalized spacial score (nSPS) is 17.9. The number of carbonyl (C=O) groups excluding carboxylic acids is 2. The van der Waals surface area contributed by atoms with Crippen molar-refractivity contribution in [3.05, 3.63) is 95.1 Å². The Kier molecular flexibility index (Phi) is 5.89. The van der Waals surface area contributed by atoms with Crippen LogP contribution in [0.25, 0.3) is 0 Å². The van der Waals surface area contributed by atoms with E-state index in [-0.39, 0.29) is 29.6 Å². The molecular weight excluding hydrogens is 406 g/mol. The molecule has 0 saturated carbocycles. The fraction of sp³-hybridized carbons (Fsp3) is 0.160. The van der Waals surface area contributed by atoms with E-state index >= 15 is 0 Å². The van der Waals surface area contributed by atoms with Gasteiger partial charge in [-0.1, -0.05) is 60.7 Å². The van der Waals surface area contributed by atoms with Gasteiger partial charge in [-0.05, 0) is 35.7 Å². The number of nitrogens with one attached hydrogen (secondary N) is 1. The zero-order chi connectivity index (χ0) is 22.7. The minimum absolute atomic E-state index is 0.0733. The van der Waals surface area contributed by atoms with Crippen LogP contribution in [-0.2, 0) is 0 Å². The second-order valence-corrected chi connectivity index (χ2v) is 7.39. The molecule has 0 fully saturated rings. The summed E-state index contributed by atoms with van der Waals surface area (Å²) in [5, 5.41) is 13.4. The van der Waals surface area contributed by atoms with Gasteiger partial charge in [-0.3, -0.25) is 4.79 Å². The first kappa shape index (κ1) is 21.1. The summed E-state index contributed by atoms with van der Waals surface area (Å²) in [6, 6.07) is 21.2. The fourth-order valence-corrected chi connectivity index (χ4v) is 3.99. The molecule has 0 aliphatic carbocycles. The van der Waals surface area contributed by atoms with Gasteiger partial charge >= 0.3 is 6.03 Å². The van der Waals surface area contributed by atoms with Crippen LogP contribution < -0.4 is 15.8 Å². The zero-order valence-electron chi connectivity index (χ0n) is 17.5. The molecule has 4 rings (SSSR count). The predicted octanol–water partition coefficient (Wildman–Crippen LogP) is 3.93. The van der Waals surface area contributed by atoms with Crippen LogP contribution in [0.2, 0.25) is 0 Å². The lowest BCUT2D eigenvalue weighted by atomic mass is 9.79. The van der Waals surface area contributed by atoms with Gasteiger partial charge in [0.05, 0.1) is 29.8 Å². The second kappa shape index (κ2) is 8.93. The van der Waals surface area contributed by atoms with Crippen molar-refractivity contribution in [2.45, 2.75) is 18.9 Å². The summed E-state index contributed by atoms with van der Waals surface area (Å²) in [4.78, 5) is 29.0. The number of benzene rings is 3. The number of primary amides is 1. The number of aromatic hydroxyl groups is 1. The Hall–Kier alpha value is -4.13. The van der Waals surface area contributed by atoms with E-state index in [1.165, 1.54) is 6.07 Å². The van der Waals surface area contributed by atoms with Crippen LogP contribution in [0, 0.1) is 0 Å². The minimum atomic E-state index is -0.791. The maximum absolute atomic E-state index is 12.6. The topological polar surface area (TPSA) is 114 Å². The fourth-order valence-electron chi connectivity index (χ4n) is 3.99. The number of rotatable bonds is 6. The molecule has 0 aromatic heterocycles. The zero-order valence-corrected chi connectivity index (χ0v) is 17.5. The van der Waals surface area contributed by atoms with Gasteiger partial charge < -0.3 is 20.9 Å². The van der Waals surface area contributed by atoms with Crippen molar-refractivity contribution >= 4 is 17.6 Å². The molecule has 4 N–H and O–H groups in total. The Labute approximate surface area is 185 Å². The molecule has 0 bridgehead atoms. The van der Waals surface area contributed by atoms with E-state index in [9.17, 15) is 14.7 Å². The van der Waals surface area contributed by atoms with Crippen LogP contribution in [0.1, 0.15) is 45.9 Å². The third kappa shape index (κ3) is 4.05. The van der Waals surface area contributed by atoms with E-state index in [1.807, 2.05) is 60.7 Å². The van der Waals surface area contributed by atoms with Gasteiger partial charge in [0, 0.05) is 0 Å². The molecule has 7 heteroatoms. The summed E-state index contributed by atoms with van der Waals surface area (Å²) in [6.45, 7) is 2.05. The lowest BCUT2D eigenvalue weighted by Gasteiger charge is -2.33. The summed E-state index contributed by atoms with van der Waals surface area (Å²) >= 11 is 0. The molecule has 3 aromatic rings. The molecule has 2 atom stereocenters. The van der Waals surface area contributed by atoms with Crippen LogP contribution in [0.4, 0.5) is 4.79 Å². The largest absolute Gasteiger partial charge is 0.504 e. The first-order valence-electron chi connectivity index (χ1n) is 10.3. The van der Waals surface area contributed by atoms with Gasteiger partial charge in [-0.15, -0.1) is 0 Å². The minimum Gasteiger partial charge on any atom is -0.504 e. The summed E-state index contributed by atoms with van der Waals surface area (Å²) < 4.78 is 5.54. The average Bonchev–Trinajstić information content (AvgIpc) is 2.81. The van der Waals surface area contributed by atoms with Crippen molar-refractivity contribution in [3.63, 3.8) is 0 Å². The third-order valence-electron chi connectivity index (χ3n) is 5.38. The van der Waals surface area contributed by atoms with Crippen LogP contribution in [0.5, 0.6) is 11.5 Å². The SMILES string of the molecule is CCOc1cc(C2NC(=O)N=C(c3ccccc3)C2c2ccccc2)cc(C(N)=O)c1O. The lowest BCUT2D eigenvalue weighted by Crippen LogP contribution is -2.40. The molecule has 162 valence electrons. The smallest absolute Gasteiger partial charge is 0.341 e. The molecular formula is C25H23N3O4. The summed E-state index contributed by atoms with van der Waals surface area (Å²) in [5.74, 6) is -1.33.